The number of nitrogens with zero attached hydrogens (tertiary/aromatic N) is 4. The molecule has 0 radical (unpaired) electrons. The van der Waals surface area contributed by atoms with Gasteiger partial charge in [-0.3, -0.25) is 19.0 Å². The number of benzene rings is 2. The number of hydrogen-bond donors (Lipinski definition) is 2. The van der Waals surface area contributed by atoms with Crippen molar-refractivity contribution in [3.8, 4) is 0 Å². The summed E-state index contributed by atoms with van der Waals surface area (Å²) in [5.74, 6) is -0.653. The first kappa shape index (κ1) is 22.9. The maximum absolute atomic E-state index is 13.2. The third-order valence-electron chi connectivity index (χ3n) is 6.27. The van der Waals surface area contributed by atoms with Crippen molar-refractivity contribution in [2.24, 2.45) is 7.05 Å². The number of fused-ring (bicyclic) bond motifs is 3. The lowest BCUT2D eigenvalue weighted by atomic mass is 10.1. The Kier molecular flexibility index (Phi) is 5.89. The van der Waals surface area contributed by atoms with Crippen LogP contribution in [0.3, 0.4) is 0 Å². The van der Waals surface area contributed by atoms with E-state index >= 15 is 0 Å². The van der Waals surface area contributed by atoms with Crippen LogP contribution in [0, 0.1) is 0 Å². The molecule has 1 aliphatic carbocycles. The topological polar surface area (TPSA) is 120 Å². The van der Waals surface area contributed by atoms with Crippen LogP contribution in [0.2, 0.25) is 5.02 Å². The summed E-state index contributed by atoms with van der Waals surface area (Å²) in [7, 11) is 1.50. The molecule has 0 aliphatic heterocycles. The van der Waals surface area contributed by atoms with Crippen LogP contribution in [-0.2, 0) is 18.4 Å². The number of halogens is 1. The van der Waals surface area contributed by atoms with E-state index in [1.54, 1.807) is 30.3 Å². The summed E-state index contributed by atoms with van der Waals surface area (Å²) >= 11 is 5.87. The third-order valence-corrected chi connectivity index (χ3v) is 6.52. The van der Waals surface area contributed by atoms with Crippen LogP contribution in [0.1, 0.15) is 36.0 Å². The van der Waals surface area contributed by atoms with E-state index in [1.165, 1.54) is 28.1 Å². The smallest absolute Gasteiger partial charge is 0.349 e. The van der Waals surface area contributed by atoms with Gasteiger partial charge in [-0.25, -0.2) is 13.9 Å². The van der Waals surface area contributed by atoms with Gasteiger partial charge in [0.25, 0.3) is 11.5 Å². The Hall–Kier alpha value is -3.92. The second-order valence-electron chi connectivity index (χ2n) is 8.68. The van der Waals surface area contributed by atoms with Gasteiger partial charge in [-0.15, -0.1) is 5.10 Å². The molecule has 2 aromatic heterocycles. The third kappa shape index (κ3) is 4.32. The van der Waals surface area contributed by atoms with Crippen LogP contribution in [-0.4, -0.2) is 36.6 Å². The van der Waals surface area contributed by atoms with Crippen molar-refractivity contribution >= 4 is 45.8 Å². The van der Waals surface area contributed by atoms with Gasteiger partial charge < -0.3 is 10.6 Å². The number of aryl methyl sites for hydroxylation is 1. The maximum Gasteiger partial charge on any atom is 0.352 e. The fraction of sp³-hybridized carbons (Fsp3) is 0.292. The molecule has 5 rings (SSSR count). The lowest BCUT2D eigenvalue weighted by molar-refractivity contribution is -0.117. The molecule has 35 heavy (non-hydrogen) atoms. The molecule has 0 unspecified atom stereocenters. The van der Waals surface area contributed by atoms with Crippen molar-refractivity contribution < 1.29 is 9.59 Å². The summed E-state index contributed by atoms with van der Waals surface area (Å²) in [4.78, 5) is 51.5. The molecule has 2 aromatic carbocycles. The Balaban J connectivity index is 1.52. The van der Waals surface area contributed by atoms with Crippen LogP contribution in [0.5, 0.6) is 0 Å². The monoisotopic (exact) mass is 494 g/mol. The highest BCUT2D eigenvalue weighted by atomic mass is 35.5. The molecular formula is C24H23ClN6O4. The average Bonchev–Trinajstić information content (AvgIpc) is 3.46. The van der Waals surface area contributed by atoms with E-state index in [9.17, 15) is 19.2 Å². The molecule has 0 saturated heterocycles. The van der Waals surface area contributed by atoms with Crippen LogP contribution in [0.4, 0.5) is 5.69 Å². The summed E-state index contributed by atoms with van der Waals surface area (Å²) in [6.07, 6.45) is 4.04. The maximum atomic E-state index is 13.2. The molecular weight excluding hydrogens is 472 g/mol. The number of rotatable bonds is 5. The van der Waals surface area contributed by atoms with E-state index in [0.29, 0.717) is 16.3 Å². The zero-order chi connectivity index (χ0) is 24.7. The number of aromatic nitrogens is 4. The van der Waals surface area contributed by atoms with Gasteiger partial charge in [0.1, 0.15) is 6.54 Å². The van der Waals surface area contributed by atoms with Crippen molar-refractivity contribution in [3.63, 3.8) is 0 Å². The summed E-state index contributed by atoms with van der Waals surface area (Å²) < 4.78 is 3.49. The fourth-order valence-corrected chi connectivity index (χ4v) is 4.57. The summed E-state index contributed by atoms with van der Waals surface area (Å²) in [6, 6.07) is 11.3. The molecule has 10 nitrogen and oxygen atoms in total. The van der Waals surface area contributed by atoms with E-state index in [4.69, 9.17) is 11.6 Å². The number of carbonyl (C=O) groups excluding carboxylic acids is 2. The largest absolute Gasteiger partial charge is 0.352 e. The first-order valence-corrected chi connectivity index (χ1v) is 11.7. The summed E-state index contributed by atoms with van der Waals surface area (Å²) in [5, 5.41) is 10.7. The van der Waals surface area contributed by atoms with Crippen molar-refractivity contribution in [3.05, 3.63) is 73.9 Å². The second-order valence-corrected chi connectivity index (χ2v) is 9.12. The molecule has 1 aliphatic rings. The first-order chi connectivity index (χ1) is 16.8. The highest BCUT2D eigenvalue weighted by Crippen LogP contribution is 2.19. The van der Waals surface area contributed by atoms with Gasteiger partial charge in [0.05, 0.1) is 10.9 Å². The standard InChI is InChI=1S/C24H23ClN6O4/c1-29-22(34)18-11-6-14(21(33)27-16-4-2-3-5-16)12-19(18)31-23(29)28-30(24(31)35)13-20(32)26-17-9-7-15(25)8-10-17/h6-12,16H,2-5,13H2,1H3,(H,26,32)(H,27,33). The summed E-state index contributed by atoms with van der Waals surface area (Å²) in [5.41, 5.74) is 0.167. The molecule has 2 N–H and O–H groups in total. The zero-order valence-electron chi connectivity index (χ0n) is 19.0. The number of anilines is 1. The zero-order valence-corrected chi connectivity index (χ0v) is 19.7. The van der Waals surface area contributed by atoms with Crippen molar-refractivity contribution in [1.82, 2.24) is 24.1 Å². The molecule has 0 spiro atoms. The summed E-state index contributed by atoms with van der Waals surface area (Å²) in [6.45, 7) is -0.360. The van der Waals surface area contributed by atoms with E-state index in [0.717, 1.165) is 30.4 Å². The first-order valence-electron chi connectivity index (χ1n) is 11.3. The predicted octanol–water partition coefficient (Wildman–Crippen LogP) is 2.31. The molecule has 11 heteroatoms. The Morgan fingerprint density at radius 2 is 1.80 bits per heavy atom. The Bertz CT molecular complexity index is 1580. The van der Waals surface area contributed by atoms with Gasteiger partial charge in [-0.1, -0.05) is 24.4 Å². The van der Waals surface area contributed by atoms with E-state index in [-0.39, 0.29) is 40.7 Å². The van der Waals surface area contributed by atoms with Gasteiger partial charge in [-0.05, 0) is 55.3 Å². The molecule has 1 fully saturated rings. The highest BCUT2D eigenvalue weighted by Gasteiger charge is 2.21. The fourth-order valence-electron chi connectivity index (χ4n) is 4.45. The van der Waals surface area contributed by atoms with Crippen LogP contribution in [0.15, 0.2) is 52.1 Å². The van der Waals surface area contributed by atoms with Crippen LogP contribution >= 0.6 is 11.6 Å². The molecule has 2 amide bonds. The van der Waals surface area contributed by atoms with Gasteiger partial charge in [0, 0.05) is 29.4 Å². The van der Waals surface area contributed by atoms with Crippen molar-refractivity contribution in [1.29, 1.82) is 0 Å². The molecule has 4 aromatic rings. The molecule has 0 atom stereocenters. The van der Waals surface area contributed by atoms with Gasteiger partial charge in [-0.2, -0.15) is 0 Å². The average molecular weight is 495 g/mol. The predicted molar refractivity (Wildman–Crippen MR) is 132 cm³/mol. The Morgan fingerprint density at radius 3 is 2.51 bits per heavy atom. The van der Waals surface area contributed by atoms with Gasteiger partial charge in [0.2, 0.25) is 11.7 Å². The van der Waals surface area contributed by atoms with E-state index in [2.05, 4.69) is 15.7 Å². The molecule has 180 valence electrons. The molecule has 0 bridgehead atoms. The number of nitrogens with one attached hydrogen (secondary N) is 2. The Labute approximate surface area is 204 Å². The normalized spacial score (nSPS) is 14.0. The second kappa shape index (κ2) is 9.03. The SMILES string of the molecule is Cn1c(=O)c2ccc(C(=O)NC3CCCC3)cc2n2c(=O)n(CC(=O)Nc3ccc(Cl)cc3)nc12. The van der Waals surface area contributed by atoms with Crippen LogP contribution in [0.25, 0.3) is 16.7 Å². The lowest BCUT2D eigenvalue weighted by Gasteiger charge is -2.12. The van der Waals surface area contributed by atoms with Crippen molar-refractivity contribution in [2.75, 3.05) is 5.32 Å². The number of amides is 2. The van der Waals surface area contributed by atoms with E-state index in [1.807, 2.05) is 0 Å². The van der Waals surface area contributed by atoms with Gasteiger partial charge >= 0.3 is 5.69 Å². The minimum Gasteiger partial charge on any atom is -0.349 e. The highest BCUT2D eigenvalue weighted by molar-refractivity contribution is 6.30. The minimum absolute atomic E-state index is 0.0696. The molecule has 2 heterocycles. The number of hydrogen-bond acceptors (Lipinski definition) is 5. The quantitative estimate of drug-likeness (QED) is 0.441. The Morgan fingerprint density at radius 1 is 1.09 bits per heavy atom. The van der Waals surface area contributed by atoms with Crippen molar-refractivity contribution in [2.45, 2.75) is 38.3 Å². The lowest BCUT2D eigenvalue weighted by Crippen LogP contribution is -2.32. The van der Waals surface area contributed by atoms with E-state index < -0.39 is 11.6 Å². The molecule has 1 saturated carbocycles. The number of carbonyl (C=O) groups is 2. The van der Waals surface area contributed by atoms with Crippen LogP contribution < -0.4 is 21.9 Å². The minimum atomic E-state index is -0.597. The van der Waals surface area contributed by atoms with Gasteiger partial charge in [0.15, 0.2) is 0 Å².